The molecule has 0 heterocycles. The van der Waals surface area contributed by atoms with Crippen molar-refractivity contribution >= 4 is 24.0 Å². The highest BCUT2D eigenvalue weighted by Gasteiger charge is 2.08. The highest BCUT2D eigenvalue weighted by molar-refractivity contribution is 5.94. The summed E-state index contributed by atoms with van der Waals surface area (Å²) in [4.78, 5) is 12.1. The maximum atomic E-state index is 12.1. The standard InChI is InChI=1S/C19H24N2O3.ClH/c1-3-4-11-24-17-10-5-14(12-18(17)23-2)13-21-19(22)15-6-8-16(20)9-7-15;/h5-10,12H,3-4,11,13,20H2,1-2H3,(H,21,22);1H. The summed E-state index contributed by atoms with van der Waals surface area (Å²) in [6.45, 7) is 3.20. The Labute approximate surface area is 154 Å². The van der Waals surface area contributed by atoms with Crippen molar-refractivity contribution in [3.63, 3.8) is 0 Å². The number of rotatable bonds is 8. The summed E-state index contributed by atoms with van der Waals surface area (Å²) in [5.74, 6) is 1.25. The van der Waals surface area contributed by atoms with Crippen LogP contribution in [0.1, 0.15) is 35.7 Å². The first kappa shape index (κ1) is 20.6. The van der Waals surface area contributed by atoms with Gasteiger partial charge in [-0.05, 0) is 48.4 Å². The largest absolute Gasteiger partial charge is 0.493 e. The average Bonchev–Trinajstić information content (AvgIpc) is 2.61. The van der Waals surface area contributed by atoms with Crippen LogP contribution >= 0.6 is 12.4 Å². The Bertz CT molecular complexity index is 675. The molecule has 0 unspecified atom stereocenters. The normalized spacial score (nSPS) is 9.84. The minimum absolute atomic E-state index is 0. The van der Waals surface area contributed by atoms with Gasteiger partial charge in [0.25, 0.3) is 5.91 Å². The Balaban J connectivity index is 0.00000312. The molecule has 25 heavy (non-hydrogen) atoms. The van der Waals surface area contributed by atoms with Crippen molar-refractivity contribution in [1.29, 1.82) is 0 Å². The van der Waals surface area contributed by atoms with Gasteiger partial charge in [-0.15, -0.1) is 12.4 Å². The van der Waals surface area contributed by atoms with Gasteiger partial charge in [-0.1, -0.05) is 19.4 Å². The second kappa shape index (κ2) is 10.5. The highest BCUT2D eigenvalue weighted by Crippen LogP contribution is 2.28. The number of ether oxygens (including phenoxy) is 2. The Kier molecular flexibility index (Phi) is 8.64. The van der Waals surface area contributed by atoms with Gasteiger partial charge in [-0.25, -0.2) is 0 Å². The third-order valence-corrected chi connectivity index (χ3v) is 3.61. The number of nitrogens with two attached hydrogens (primary N) is 1. The van der Waals surface area contributed by atoms with Crippen molar-refractivity contribution in [2.75, 3.05) is 19.5 Å². The van der Waals surface area contributed by atoms with Gasteiger partial charge >= 0.3 is 0 Å². The molecule has 0 aliphatic carbocycles. The Morgan fingerprint density at radius 1 is 1.12 bits per heavy atom. The number of unbranched alkanes of at least 4 members (excludes halogenated alkanes) is 1. The number of hydrogen-bond acceptors (Lipinski definition) is 4. The summed E-state index contributed by atoms with van der Waals surface area (Å²) in [7, 11) is 1.61. The van der Waals surface area contributed by atoms with Gasteiger partial charge < -0.3 is 20.5 Å². The van der Waals surface area contributed by atoms with Crippen LogP contribution in [0.4, 0.5) is 5.69 Å². The van der Waals surface area contributed by atoms with E-state index in [4.69, 9.17) is 15.2 Å². The maximum absolute atomic E-state index is 12.1. The summed E-state index contributed by atoms with van der Waals surface area (Å²) in [6, 6.07) is 12.5. The number of amides is 1. The van der Waals surface area contributed by atoms with Crippen molar-refractivity contribution in [2.45, 2.75) is 26.3 Å². The van der Waals surface area contributed by atoms with Crippen molar-refractivity contribution in [3.8, 4) is 11.5 Å². The number of nitrogens with one attached hydrogen (secondary N) is 1. The zero-order valence-electron chi connectivity index (χ0n) is 14.6. The van der Waals surface area contributed by atoms with E-state index in [0.717, 1.165) is 24.2 Å². The number of halogens is 1. The van der Waals surface area contributed by atoms with Crippen LogP contribution in [0.5, 0.6) is 11.5 Å². The minimum atomic E-state index is -0.141. The molecule has 0 aromatic heterocycles. The van der Waals surface area contributed by atoms with E-state index in [9.17, 15) is 4.79 Å². The Morgan fingerprint density at radius 2 is 1.84 bits per heavy atom. The molecule has 0 saturated heterocycles. The van der Waals surface area contributed by atoms with E-state index in [0.29, 0.717) is 30.2 Å². The van der Waals surface area contributed by atoms with E-state index in [1.165, 1.54) is 0 Å². The van der Waals surface area contributed by atoms with Gasteiger partial charge in [0.2, 0.25) is 0 Å². The first-order chi connectivity index (χ1) is 11.6. The molecule has 136 valence electrons. The van der Waals surface area contributed by atoms with Crippen LogP contribution < -0.4 is 20.5 Å². The lowest BCUT2D eigenvalue weighted by molar-refractivity contribution is 0.0951. The number of carbonyl (C=O) groups is 1. The van der Waals surface area contributed by atoms with E-state index in [1.54, 1.807) is 31.4 Å². The van der Waals surface area contributed by atoms with Crippen LogP contribution in [-0.2, 0) is 6.54 Å². The van der Waals surface area contributed by atoms with Gasteiger partial charge in [0.15, 0.2) is 11.5 Å². The number of anilines is 1. The van der Waals surface area contributed by atoms with Gasteiger partial charge in [0.05, 0.1) is 13.7 Å². The van der Waals surface area contributed by atoms with E-state index in [2.05, 4.69) is 12.2 Å². The molecule has 0 radical (unpaired) electrons. The minimum Gasteiger partial charge on any atom is -0.493 e. The third-order valence-electron chi connectivity index (χ3n) is 3.61. The number of methoxy groups -OCH3 is 1. The molecule has 3 N–H and O–H groups in total. The maximum Gasteiger partial charge on any atom is 0.251 e. The first-order valence-corrected chi connectivity index (χ1v) is 8.07. The summed E-state index contributed by atoms with van der Waals surface area (Å²) in [5, 5.41) is 2.88. The number of hydrogen-bond donors (Lipinski definition) is 2. The lowest BCUT2D eigenvalue weighted by Crippen LogP contribution is -2.22. The first-order valence-electron chi connectivity index (χ1n) is 8.07. The summed E-state index contributed by atoms with van der Waals surface area (Å²) in [6.07, 6.45) is 2.08. The van der Waals surface area contributed by atoms with Crippen molar-refractivity contribution in [1.82, 2.24) is 5.32 Å². The summed E-state index contributed by atoms with van der Waals surface area (Å²) >= 11 is 0. The van der Waals surface area contributed by atoms with Gasteiger partial charge in [0.1, 0.15) is 0 Å². The average molecular weight is 365 g/mol. The zero-order chi connectivity index (χ0) is 17.4. The van der Waals surface area contributed by atoms with Crippen molar-refractivity contribution in [2.24, 2.45) is 0 Å². The summed E-state index contributed by atoms with van der Waals surface area (Å²) in [5.41, 5.74) is 7.78. The van der Waals surface area contributed by atoms with Crippen molar-refractivity contribution < 1.29 is 14.3 Å². The predicted molar refractivity (Wildman–Crippen MR) is 103 cm³/mol. The smallest absolute Gasteiger partial charge is 0.251 e. The van der Waals surface area contributed by atoms with Crippen LogP contribution in [0.3, 0.4) is 0 Å². The lowest BCUT2D eigenvalue weighted by Gasteiger charge is -2.12. The van der Waals surface area contributed by atoms with E-state index in [-0.39, 0.29) is 18.3 Å². The number of nitrogen functional groups attached to an aromatic ring is 1. The molecule has 1 amide bonds. The highest BCUT2D eigenvalue weighted by atomic mass is 35.5. The predicted octanol–water partition coefficient (Wildman–Crippen LogP) is 3.81. The quantitative estimate of drug-likeness (QED) is 0.551. The van der Waals surface area contributed by atoms with Gasteiger partial charge in [-0.3, -0.25) is 4.79 Å². The summed E-state index contributed by atoms with van der Waals surface area (Å²) < 4.78 is 11.1. The fourth-order valence-corrected chi connectivity index (χ4v) is 2.19. The molecule has 0 spiro atoms. The van der Waals surface area contributed by atoms with Gasteiger partial charge in [0, 0.05) is 17.8 Å². The van der Waals surface area contributed by atoms with Crippen molar-refractivity contribution in [3.05, 3.63) is 53.6 Å². The van der Waals surface area contributed by atoms with E-state index in [1.807, 2.05) is 18.2 Å². The molecular weight excluding hydrogens is 340 g/mol. The second-order valence-electron chi connectivity index (χ2n) is 5.49. The molecular formula is C19H25ClN2O3. The third kappa shape index (κ3) is 6.19. The SMILES string of the molecule is CCCCOc1ccc(CNC(=O)c2ccc(N)cc2)cc1OC.Cl. The molecule has 0 aliphatic rings. The molecule has 0 bridgehead atoms. The van der Waals surface area contributed by atoms with E-state index < -0.39 is 0 Å². The van der Waals surface area contributed by atoms with Crippen LogP contribution in [0.2, 0.25) is 0 Å². The molecule has 2 rings (SSSR count). The molecule has 2 aromatic rings. The van der Waals surface area contributed by atoms with Crippen LogP contribution in [-0.4, -0.2) is 19.6 Å². The van der Waals surface area contributed by atoms with Crippen LogP contribution in [0.15, 0.2) is 42.5 Å². The number of carbonyl (C=O) groups excluding carboxylic acids is 1. The molecule has 0 aliphatic heterocycles. The Morgan fingerprint density at radius 3 is 2.48 bits per heavy atom. The van der Waals surface area contributed by atoms with E-state index >= 15 is 0 Å². The van der Waals surface area contributed by atoms with Crippen LogP contribution in [0.25, 0.3) is 0 Å². The molecule has 0 fully saturated rings. The fraction of sp³-hybridized carbons (Fsp3) is 0.316. The molecule has 5 nitrogen and oxygen atoms in total. The topological polar surface area (TPSA) is 73.6 Å². The Hall–Kier alpha value is -2.40. The molecule has 2 aromatic carbocycles. The number of benzene rings is 2. The van der Waals surface area contributed by atoms with Gasteiger partial charge in [-0.2, -0.15) is 0 Å². The lowest BCUT2D eigenvalue weighted by atomic mass is 10.1. The van der Waals surface area contributed by atoms with Crippen LogP contribution in [0, 0.1) is 0 Å². The molecule has 6 heteroatoms. The second-order valence-corrected chi connectivity index (χ2v) is 5.49. The fourth-order valence-electron chi connectivity index (χ4n) is 2.19. The monoisotopic (exact) mass is 364 g/mol. The molecule has 0 saturated carbocycles. The molecule has 0 atom stereocenters. The zero-order valence-corrected chi connectivity index (χ0v) is 15.4.